The minimum atomic E-state index is 0.495. The van der Waals surface area contributed by atoms with E-state index in [1.54, 1.807) is 0 Å². The molecule has 4 heteroatoms. The molecule has 1 fully saturated rings. The van der Waals surface area contributed by atoms with E-state index >= 15 is 0 Å². The van der Waals surface area contributed by atoms with Gasteiger partial charge < -0.3 is 10.5 Å². The van der Waals surface area contributed by atoms with E-state index in [0.29, 0.717) is 12.6 Å². The zero-order valence-electron chi connectivity index (χ0n) is 9.06. The molecule has 1 aromatic rings. The summed E-state index contributed by atoms with van der Waals surface area (Å²) < 4.78 is 7.54. The van der Waals surface area contributed by atoms with Crippen molar-refractivity contribution >= 4 is 0 Å². The third kappa shape index (κ3) is 3.04. The Balaban J connectivity index is 1.68. The van der Waals surface area contributed by atoms with E-state index in [2.05, 4.69) is 5.10 Å². The van der Waals surface area contributed by atoms with Gasteiger partial charge in [-0.2, -0.15) is 5.10 Å². The summed E-state index contributed by atoms with van der Waals surface area (Å²) in [7, 11) is 0. The summed E-state index contributed by atoms with van der Waals surface area (Å²) >= 11 is 0. The molecule has 2 rings (SSSR count). The Hall–Kier alpha value is -0.870. The molecule has 1 unspecified atom stereocenters. The highest BCUT2D eigenvalue weighted by atomic mass is 16.5. The van der Waals surface area contributed by atoms with Crippen LogP contribution in [0.1, 0.15) is 31.2 Å². The van der Waals surface area contributed by atoms with Gasteiger partial charge in [-0.05, 0) is 25.7 Å². The number of hydrogen-bond donors (Lipinski definition) is 1. The van der Waals surface area contributed by atoms with Gasteiger partial charge in [-0.3, -0.25) is 4.68 Å². The Labute approximate surface area is 90.4 Å². The number of rotatable bonds is 5. The lowest BCUT2D eigenvalue weighted by Gasteiger charge is -2.08. The Morgan fingerprint density at radius 2 is 2.53 bits per heavy atom. The number of aromatic nitrogens is 2. The van der Waals surface area contributed by atoms with Gasteiger partial charge >= 0.3 is 0 Å². The van der Waals surface area contributed by atoms with Gasteiger partial charge in [0.15, 0.2) is 0 Å². The van der Waals surface area contributed by atoms with Crippen LogP contribution in [0.15, 0.2) is 12.4 Å². The van der Waals surface area contributed by atoms with Crippen molar-refractivity contribution in [3.63, 3.8) is 0 Å². The molecule has 84 valence electrons. The van der Waals surface area contributed by atoms with Gasteiger partial charge in [-0.1, -0.05) is 0 Å². The predicted octanol–water partition coefficient (Wildman–Crippen LogP) is 1.30. The van der Waals surface area contributed by atoms with Crippen LogP contribution in [0.2, 0.25) is 0 Å². The Kier molecular flexibility index (Phi) is 3.75. The molecule has 0 aliphatic carbocycles. The molecule has 0 radical (unpaired) electrons. The molecular weight excluding hydrogens is 190 g/mol. The summed E-state index contributed by atoms with van der Waals surface area (Å²) in [6, 6.07) is 0. The van der Waals surface area contributed by atoms with Crippen LogP contribution in [0.3, 0.4) is 0 Å². The number of nitrogens with zero attached hydrogens (tertiary/aromatic N) is 2. The molecule has 0 aromatic carbocycles. The van der Waals surface area contributed by atoms with Crippen molar-refractivity contribution in [3.05, 3.63) is 18.0 Å². The van der Waals surface area contributed by atoms with E-state index in [1.807, 2.05) is 17.1 Å². The summed E-state index contributed by atoms with van der Waals surface area (Å²) in [4.78, 5) is 0. The second-order valence-corrected chi connectivity index (χ2v) is 4.09. The Bertz CT molecular complexity index is 292. The van der Waals surface area contributed by atoms with Crippen LogP contribution in [-0.2, 0) is 17.8 Å². The molecule has 2 heterocycles. The van der Waals surface area contributed by atoms with Crippen molar-refractivity contribution in [2.24, 2.45) is 5.73 Å². The molecule has 0 saturated carbocycles. The monoisotopic (exact) mass is 209 g/mol. The minimum absolute atomic E-state index is 0.495. The highest BCUT2D eigenvalue weighted by Gasteiger charge is 2.14. The maximum Gasteiger partial charge on any atom is 0.0576 e. The van der Waals surface area contributed by atoms with Gasteiger partial charge in [0.25, 0.3) is 0 Å². The SMILES string of the molecule is NCc1cnn(CCCC2CCCO2)c1. The second kappa shape index (κ2) is 5.28. The molecule has 4 nitrogen and oxygen atoms in total. The number of nitrogens with two attached hydrogens (primary N) is 1. The lowest BCUT2D eigenvalue weighted by Crippen LogP contribution is -2.07. The van der Waals surface area contributed by atoms with Crippen LogP contribution in [0, 0.1) is 0 Å². The predicted molar refractivity (Wildman–Crippen MR) is 58.3 cm³/mol. The van der Waals surface area contributed by atoms with Crippen molar-refractivity contribution in [1.82, 2.24) is 9.78 Å². The molecule has 1 saturated heterocycles. The minimum Gasteiger partial charge on any atom is -0.378 e. The largest absolute Gasteiger partial charge is 0.378 e. The molecule has 2 N–H and O–H groups in total. The van der Waals surface area contributed by atoms with Crippen LogP contribution < -0.4 is 5.73 Å². The first-order valence-electron chi connectivity index (χ1n) is 5.71. The van der Waals surface area contributed by atoms with Crippen molar-refractivity contribution in [3.8, 4) is 0 Å². The van der Waals surface area contributed by atoms with Gasteiger partial charge in [0.05, 0.1) is 12.3 Å². The molecule has 1 aromatic heterocycles. The Morgan fingerprint density at radius 3 is 3.20 bits per heavy atom. The van der Waals surface area contributed by atoms with Gasteiger partial charge in [0.1, 0.15) is 0 Å². The van der Waals surface area contributed by atoms with Gasteiger partial charge in [-0.15, -0.1) is 0 Å². The average molecular weight is 209 g/mol. The first-order valence-corrected chi connectivity index (χ1v) is 5.71. The number of ether oxygens (including phenoxy) is 1. The normalized spacial score (nSPS) is 21.0. The van der Waals surface area contributed by atoms with Crippen molar-refractivity contribution in [2.45, 2.75) is 44.9 Å². The second-order valence-electron chi connectivity index (χ2n) is 4.09. The van der Waals surface area contributed by atoms with E-state index in [4.69, 9.17) is 10.5 Å². The fourth-order valence-electron chi connectivity index (χ4n) is 1.99. The molecular formula is C11H19N3O. The first kappa shape index (κ1) is 10.6. The average Bonchev–Trinajstić information content (AvgIpc) is 2.88. The van der Waals surface area contributed by atoms with E-state index < -0.39 is 0 Å². The topological polar surface area (TPSA) is 53.1 Å². The van der Waals surface area contributed by atoms with Crippen molar-refractivity contribution < 1.29 is 4.74 Å². The molecule has 0 spiro atoms. The lowest BCUT2D eigenvalue weighted by atomic mass is 10.1. The highest BCUT2D eigenvalue weighted by molar-refractivity contribution is 5.02. The van der Waals surface area contributed by atoms with E-state index in [-0.39, 0.29) is 0 Å². The smallest absolute Gasteiger partial charge is 0.0576 e. The standard InChI is InChI=1S/C11H19N3O/c12-7-10-8-13-14(9-10)5-1-3-11-4-2-6-15-11/h8-9,11H,1-7,12H2. The number of hydrogen-bond acceptors (Lipinski definition) is 3. The maximum absolute atomic E-state index is 5.57. The molecule has 1 aliphatic rings. The zero-order chi connectivity index (χ0) is 10.5. The fraction of sp³-hybridized carbons (Fsp3) is 0.727. The Morgan fingerprint density at radius 1 is 1.60 bits per heavy atom. The summed E-state index contributed by atoms with van der Waals surface area (Å²) in [6.07, 6.45) is 9.10. The third-order valence-electron chi connectivity index (χ3n) is 2.86. The maximum atomic E-state index is 5.57. The van der Waals surface area contributed by atoms with E-state index in [0.717, 1.165) is 31.6 Å². The molecule has 1 aliphatic heterocycles. The van der Waals surface area contributed by atoms with Crippen LogP contribution in [-0.4, -0.2) is 22.5 Å². The summed E-state index contributed by atoms with van der Waals surface area (Å²) in [5.74, 6) is 0. The van der Waals surface area contributed by atoms with E-state index in [9.17, 15) is 0 Å². The van der Waals surface area contributed by atoms with Crippen LogP contribution in [0.25, 0.3) is 0 Å². The number of aryl methyl sites for hydroxylation is 1. The fourth-order valence-corrected chi connectivity index (χ4v) is 1.99. The first-order chi connectivity index (χ1) is 7.38. The molecule has 0 amide bonds. The summed E-state index contributed by atoms with van der Waals surface area (Å²) in [5.41, 5.74) is 6.62. The van der Waals surface area contributed by atoms with Gasteiger partial charge in [-0.25, -0.2) is 0 Å². The molecule has 0 bridgehead atoms. The van der Waals surface area contributed by atoms with Crippen LogP contribution in [0.4, 0.5) is 0 Å². The highest BCUT2D eigenvalue weighted by Crippen LogP contribution is 2.17. The summed E-state index contributed by atoms with van der Waals surface area (Å²) in [6.45, 7) is 2.50. The van der Waals surface area contributed by atoms with Gasteiger partial charge in [0, 0.05) is 31.5 Å². The van der Waals surface area contributed by atoms with Crippen molar-refractivity contribution in [2.75, 3.05) is 6.61 Å². The molecule has 1 atom stereocenters. The quantitative estimate of drug-likeness (QED) is 0.795. The zero-order valence-corrected chi connectivity index (χ0v) is 9.06. The van der Waals surface area contributed by atoms with Crippen LogP contribution in [0.5, 0.6) is 0 Å². The van der Waals surface area contributed by atoms with E-state index in [1.165, 1.54) is 12.8 Å². The lowest BCUT2D eigenvalue weighted by molar-refractivity contribution is 0.101. The molecule has 15 heavy (non-hydrogen) atoms. The summed E-state index contributed by atoms with van der Waals surface area (Å²) in [5, 5.41) is 4.25. The third-order valence-corrected chi connectivity index (χ3v) is 2.86. The van der Waals surface area contributed by atoms with Gasteiger partial charge in [0.2, 0.25) is 0 Å². The van der Waals surface area contributed by atoms with Crippen LogP contribution >= 0.6 is 0 Å². The van der Waals surface area contributed by atoms with Crippen molar-refractivity contribution in [1.29, 1.82) is 0 Å².